The first-order valence-electron chi connectivity index (χ1n) is 9.53. The monoisotopic (exact) mass is 392 g/mol. The maximum atomic E-state index is 5.51. The predicted octanol–water partition coefficient (Wildman–Crippen LogP) is 3.74. The number of methoxy groups -OCH3 is 2. The molecular weight excluding hydrogens is 368 g/mol. The topological polar surface area (TPSA) is 68.7 Å². The number of hydrogen-bond acceptors (Lipinski definition) is 7. The first-order valence-corrected chi connectivity index (χ1v) is 9.53. The summed E-state index contributed by atoms with van der Waals surface area (Å²) < 4.78 is 16.3. The first-order chi connectivity index (χ1) is 14.3. The SMILES string of the molecule is COc1ccc(Nc2cc(-c3ccccc3)nc(N3CCOCC3)n2)c(OC)c1. The lowest BCUT2D eigenvalue weighted by molar-refractivity contribution is 0.122. The summed E-state index contributed by atoms with van der Waals surface area (Å²) in [6.07, 6.45) is 0. The van der Waals surface area contributed by atoms with Crippen molar-refractivity contribution in [3.05, 3.63) is 54.6 Å². The number of anilines is 3. The third kappa shape index (κ3) is 4.41. The number of rotatable bonds is 6. The van der Waals surface area contributed by atoms with E-state index in [1.165, 1.54) is 0 Å². The van der Waals surface area contributed by atoms with E-state index in [0.29, 0.717) is 30.7 Å². The van der Waals surface area contributed by atoms with Crippen LogP contribution in [0.1, 0.15) is 0 Å². The second kappa shape index (κ2) is 8.79. The molecule has 2 heterocycles. The number of benzene rings is 2. The van der Waals surface area contributed by atoms with Gasteiger partial charge in [0.1, 0.15) is 17.3 Å². The van der Waals surface area contributed by atoms with Gasteiger partial charge in [0.05, 0.1) is 38.8 Å². The molecule has 0 amide bonds. The second-order valence-corrected chi connectivity index (χ2v) is 6.60. The van der Waals surface area contributed by atoms with Crippen molar-refractivity contribution in [2.45, 2.75) is 0 Å². The second-order valence-electron chi connectivity index (χ2n) is 6.60. The molecule has 4 rings (SSSR count). The van der Waals surface area contributed by atoms with E-state index in [2.05, 4.69) is 10.2 Å². The van der Waals surface area contributed by atoms with Crippen LogP contribution in [0.25, 0.3) is 11.3 Å². The van der Waals surface area contributed by atoms with Crippen molar-refractivity contribution in [3.63, 3.8) is 0 Å². The number of nitrogens with one attached hydrogen (secondary N) is 1. The van der Waals surface area contributed by atoms with Crippen LogP contribution >= 0.6 is 0 Å². The average molecular weight is 392 g/mol. The van der Waals surface area contributed by atoms with Crippen LogP contribution in [-0.2, 0) is 4.74 Å². The van der Waals surface area contributed by atoms with Crippen LogP contribution < -0.4 is 19.7 Å². The molecular formula is C22H24N4O3. The van der Waals surface area contributed by atoms with Crippen LogP contribution in [0.2, 0.25) is 0 Å². The van der Waals surface area contributed by atoms with Gasteiger partial charge in [-0.25, -0.2) is 4.98 Å². The highest BCUT2D eigenvalue weighted by atomic mass is 16.5. The van der Waals surface area contributed by atoms with Crippen LogP contribution in [-0.4, -0.2) is 50.5 Å². The zero-order valence-corrected chi connectivity index (χ0v) is 16.6. The zero-order chi connectivity index (χ0) is 20.1. The molecule has 1 aliphatic rings. The molecule has 7 heteroatoms. The molecule has 0 atom stereocenters. The summed E-state index contributed by atoms with van der Waals surface area (Å²) in [6.45, 7) is 2.88. The lowest BCUT2D eigenvalue weighted by atomic mass is 10.1. The van der Waals surface area contributed by atoms with E-state index in [9.17, 15) is 0 Å². The van der Waals surface area contributed by atoms with Gasteiger partial charge in [-0.3, -0.25) is 0 Å². The third-order valence-electron chi connectivity index (χ3n) is 4.75. The molecule has 0 saturated carbocycles. The molecule has 1 aliphatic heterocycles. The van der Waals surface area contributed by atoms with E-state index in [1.807, 2.05) is 54.6 Å². The highest BCUT2D eigenvalue weighted by molar-refractivity contribution is 5.70. The van der Waals surface area contributed by atoms with Crippen LogP contribution in [0, 0.1) is 0 Å². The Morgan fingerprint density at radius 3 is 2.45 bits per heavy atom. The van der Waals surface area contributed by atoms with Gasteiger partial charge in [-0.15, -0.1) is 0 Å². The van der Waals surface area contributed by atoms with Gasteiger partial charge in [-0.2, -0.15) is 4.98 Å². The van der Waals surface area contributed by atoms with Gasteiger partial charge in [-0.05, 0) is 12.1 Å². The first kappa shape index (κ1) is 19.0. The summed E-state index contributed by atoms with van der Waals surface area (Å²) in [5.41, 5.74) is 2.70. The summed E-state index contributed by atoms with van der Waals surface area (Å²) >= 11 is 0. The Balaban J connectivity index is 1.72. The molecule has 0 aliphatic carbocycles. The predicted molar refractivity (Wildman–Crippen MR) is 113 cm³/mol. The molecule has 7 nitrogen and oxygen atoms in total. The van der Waals surface area contributed by atoms with Crippen LogP contribution in [0.5, 0.6) is 11.5 Å². The van der Waals surface area contributed by atoms with Crippen LogP contribution in [0.15, 0.2) is 54.6 Å². The van der Waals surface area contributed by atoms with E-state index in [4.69, 9.17) is 24.2 Å². The van der Waals surface area contributed by atoms with Crippen molar-refractivity contribution in [1.29, 1.82) is 0 Å². The summed E-state index contributed by atoms with van der Waals surface area (Å²) in [7, 11) is 3.27. The molecule has 0 spiro atoms. The maximum absolute atomic E-state index is 5.51. The quantitative estimate of drug-likeness (QED) is 0.685. The van der Waals surface area contributed by atoms with E-state index < -0.39 is 0 Å². The smallest absolute Gasteiger partial charge is 0.228 e. The summed E-state index contributed by atoms with van der Waals surface area (Å²) in [4.78, 5) is 11.7. The minimum absolute atomic E-state index is 0.675. The maximum Gasteiger partial charge on any atom is 0.228 e. The number of morpholine rings is 1. The fraction of sp³-hybridized carbons (Fsp3) is 0.273. The van der Waals surface area contributed by atoms with E-state index in [-0.39, 0.29) is 0 Å². The molecule has 2 aromatic carbocycles. The van der Waals surface area contributed by atoms with Gasteiger partial charge in [0, 0.05) is 30.8 Å². The molecule has 1 saturated heterocycles. The highest BCUT2D eigenvalue weighted by Crippen LogP contribution is 2.32. The van der Waals surface area contributed by atoms with Crippen LogP contribution in [0.4, 0.5) is 17.5 Å². The van der Waals surface area contributed by atoms with Gasteiger partial charge < -0.3 is 24.4 Å². The van der Waals surface area contributed by atoms with Gasteiger partial charge in [-0.1, -0.05) is 30.3 Å². The molecule has 0 unspecified atom stereocenters. The number of ether oxygens (including phenoxy) is 3. The lowest BCUT2D eigenvalue weighted by Crippen LogP contribution is -2.37. The Morgan fingerprint density at radius 1 is 0.931 bits per heavy atom. The molecule has 0 radical (unpaired) electrons. The minimum Gasteiger partial charge on any atom is -0.497 e. The molecule has 150 valence electrons. The Labute approximate surface area is 170 Å². The van der Waals surface area contributed by atoms with Gasteiger partial charge in [0.2, 0.25) is 5.95 Å². The standard InChI is InChI=1S/C22H24N4O3/c1-27-17-8-9-18(20(14-17)28-2)23-21-15-19(16-6-4-3-5-7-16)24-22(25-21)26-10-12-29-13-11-26/h3-9,14-15H,10-13H2,1-2H3,(H,23,24,25). The van der Waals surface area contributed by atoms with Gasteiger partial charge >= 0.3 is 0 Å². The Bertz CT molecular complexity index is 960. The van der Waals surface area contributed by atoms with E-state index >= 15 is 0 Å². The normalized spacial score (nSPS) is 13.8. The summed E-state index contributed by atoms with van der Waals surface area (Å²) in [5, 5.41) is 3.37. The summed E-state index contributed by atoms with van der Waals surface area (Å²) in [6, 6.07) is 17.7. The largest absolute Gasteiger partial charge is 0.497 e. The van der Waals surface area contributed by atoms with Gasteiger partial charge in [0.15, 0.2) is 0 Å². The summed E-state index contributed by atoms with van der Waals surface area (Å²) in [5.74, 6) is 2.79. The minimum atomic E-state index is 0.675. The van der Waals surface area contributed by atoms with E-state index in [1.54, 1.807) is 14.2 Å². The van der Waals surface area contributed by atoms with Crippen molar-refractivity contribution >= 4 is 17.5 Å². The fourth-order valence-corrected chi connectivity index (χ4v) is 3.20. The molecule has 1 fully saturated rings. The molecule has 29 heavy (non-hydrogen) atoms. The fourth-order valence-electron chi connectivity index (χ4n) is 3.20. The third-order valence-corrected chi connectivity index (χ3v) is 4.75. The van der Waals surface area contributed by atoms with E-state index in [0.717, 1.165) is 35.8 Å². The zero-order valence-electron chi connectivity index (χ0n) is 16.6. The van der Waals surface area contributed by atoms with Crippen molar-refractivity contribution in [3.8, 4) is 22.8 Å². The van der Waals surface area contributed by atoms with Crippen molar-refractivity contribution < 1.29 is 14.2 Å². The number of nitrogens with zero attached hydrogens (tertiary/aromatic N) is 3. The highest BCUT2D eigenvalue weighted by Gasteiger charge is 2.17. The molecule has 1 N–H and O–H groups in total. The molecule has 0 bridgehead atoms. The average Bonchev–Trinajstić information content (AvgIpc) is 2.80. The van der Waals surface area contributed by atoms with Crippen LogP contribution in [0.3, 0.4) is 0 Å². The lowest BCUT2D eigenvalue weighted by Gasteiger charge is -2.27. The number of hydrogen-bond donors (Lipinski definition) is 1. The molecule has 3 aromatic rings. The Kier molecular flexibility index (Phi) is 5.76. The Morgan fingerprint density at radius 2 is 1.72 bits per heavy atom. The number of aromatic nitrogens is 2. The Hall–Kier alpha value is -3.32. The van der Waals surface area contributed by atoms with Crippen molar-refractivity contribution in [2.75, 3.05) is 50.7 Å². The van der Waals surface area contributed by atoms with Gasteiger partial charge in [0.25, 0.3) is 0 Å². The van der Waals surface area contributed by atoms with Crippen molar-refractivity contribution in [1.82, 2.24) is 9.97 Å². The molecule has 1 aromatic heterocycles. The van der Waals surface area contributed by atoms with Crippen molar-refractivity contribution in [2.24, 2.45) is 0 Å².